The molecule has 0 N–H and O–H groups in total. The monoisotopic (exact) mass is 273 g/mol. The summed E-state index contributed by atoms with van der Waals surface area (Å²) in [6.07, 6.45) is 0. The van der Waals surface area contributed by atoms with Crippen LogP contribution in [0.25, 0.3) is 11.1 Å². The minimum Gasteiger partial charge on any atom is -0.493 e. The third-order valence-electron chi connectivity index (χ3n) is 2.79. The summed E-state index contributed by atoms with van der Waals surface area (Å²) in [6.45, 7) is 0. The lowest BCUT2D eigenvalue weighted by atomic mass is 10.0. The molecule has 96 valence electrons. The van der Waals surface area contributed by atoms with E-state index in [1.165, 1.54) is 0 Å². The van der Waals surface area contributed by atoms with E-state index in [9.17, 15) is 0 Å². The average Bonchev–Trinajstić information content (AvgIpc) is 2.46. The van der Waals surface area contributed by atoms with Crippen LogP contribution < -0.4 is 9.47 Å². The van der Waals surface area contributed by atoms with Crippen molar-refractivity contribution < 1.29 is 9.47 Å². The van der Waals surface area contributed by atoms with Gasteiger partial charge in [0, 0.05) is 10.6 Å². The Balaban J connectivity index is 2.51. The van der Waals surface area contributed by atoms with E-state index < -0.39 is 0 Å². The van der Waals surface area contributed by atoms with Crippen molar-refractivity contribution in [3.05, 3.63) is 47.0 Å². The molecule has 0 aliphatic rings. The smallest absolute Gasteiger partial charge is 0.161 e. The van der Waals surface area contributed by atoms with E-state index in [-0.39, 0.29) is 0 Å². The van der Waals surface area contributed by atoms with E-state index in [4.69, 9.17) is 26.3 Å². The molecule has 0 amide bonds. The maximum atomic E-state index is 8.83. The van der Waals surface area contributed by atoms with Crippen LogP contribution in [0.5, 0.6) is 11.5 Å². The summed E-state index contributed by atoms with van der Waals surface area (Å²) in [5, 5.41) is 9.36. The van der Waals surface area contributed by atoms with Crippen molar-refractivity contribution in [2.75, 3.05) is 14.2 Å². The van der Waals surface area contributed by atoms with E-state index >= 15 is 0 Å². The summed E-state index contributed by atoms with van der Waals surface area (Å²) in [5.41, 5.74) is 2.29. The van der Waals surface area contributed by atoms with Crippen LogP contribution in [0.15, 0.2) is 36.4 Å². The zero-order chi connectivity index (χ0) is 13.8. The molecule has 0 bridgehead atoms. The van der Waals surface area contributed by atoms with Crippen molar-refractivity contribution in [3.63, 3.8) is 0 Å². The standard InChI is InChI=1S/C15H12ClNO2/c1-18-14-6-4-11(8-15(14)19-2)12-5-3-10(9-17)7-13(12)16/h3-8H,1-2H3. The third kappa shape index (κ3) is 2.64. The van der Waals surface area contributed by atoms with Gasteiger partial charge in [0.15, 0.2) is 11.5 Å². The second kappa shape index (κ2) is 5.64. The Hall–Kier alpha value is -2.18. The number of hydrogen-bond acceptors (Lipinski definition) is 3. The molecule has 0 fully saturated rings. The van der Waals surface area contributed by atoms with E-state index in [0.29, 0.717) is 22.1 Å². The van der Waals surface area contributed by atoms with Gasteiger partial charge in [-0.1, -0.05) is 23.7 Å². The SMILES string of the molecule is COc1ccc(-c2ccc(C#N)cc2Cl)cc1OC. The molecule has 2 rings (SSSR count). The third-order valence-corrected chi connectivity index (χ3v) is 3.11. The van der Waals surface area contributed by atoms with Gasteiger partial charge >= 0.3 is 0 Å². The van der Waals surface area contributed by atoms with Gasteiger partial charge in [0.2, 0.25) is 0 Å². The number of benzene rings is 2. The average molecular weight is 274 g/mol. The molecule has 0 heterocycles. The normalized spacial score (nSPS) is 9.79. The predicted molar refractivity (Wildman–Crippen MR) is 74.7 cm³/mol. The van der Waals surface area contributed by atoms with Gasteiger partial charge in [-0.05, 0) is 29.8 Å². The summed E-state index contributed by atoms with van der Waals surface area (Å²) < 4.78 is 10.5. The van der Waals surface area contributed by atoms with E-state index in [2.05, 4.69) is 6.07 Å². The maximum absolute atomic E-state index is 8.83. The minimum absolute atomic E-state index is 0.534. The zero-order valence-electron chi connectivity index (χ0n) is 10.6. The van der Waals surface area contributed by atoms with Gasteiger partial charge in [-0.2, -0.15) is 5.26 Å². The molecule has 0 spiro atoms. The molecule has 0 aliphatic carbocycles. The second-order valence-electron chi connectivity index (χ2n) is 3.88. The van der Waals surface area contributed by atoms with Crippen molar-refractivity contribution in [2.24, 2.45) is 0 Å². The Morgan fingerprint density at radius 1 is 1.00 bits per heavy atom. The van der Waals surface area contributed by atoms with Crippen molar-refractivity contribution in [3.8, 4) is 28.7 Å². The van der Waals surface area contributed by atoms with Gasteiger partial charge in [0.1, 0.15) is 0 Å². The number of halogens is 1. The lowest BCUT2D eigenvalue weighted by Gasteiger charge is -2.10. The van der Waals surface area contributed by atoms with E-state index in [1.807, 2.05) is 24.3 Å². The Kier molecular flexibility index (Phi) is 3.94. The fraction of sp³-hybridized carbons (Fsp3) is 0.133. The summed E-state index contributed by atoms with van der Waals surface area (Å²) in [7, 11) is 3.17. The Bertz CT molecular complexity index is 647. The highest BCUT2D eigenvalue weighted by Crippen LogP contribution is 2.35. The highest BCUT2D eigenvalue weighted by atomic mass is 35.5. The molecule has 0 aliphatic heterocycles. The lowest BCUT2D eigenvalue weighted by molar-refractivity contribution is 0.355. The molecule has 0 unspecified atom stereocenters. The molecule has 3 nitrogen and oxygen atoms in total. The largest absolute Gasteiger partial charge is 0.493 e. The Morgan fingerprint density at radius 2 is 1.74 bits per heavy atom. The first-order valence-electron chi connectivity index (χ1n) is 5.61. The molecule has 2 aromatic rings. The molecule has 19 heavy (non-hydrogen) atoms. The number of rotatable bonds is 3. The molecule has 0 saturated carbocycles. The summed E-state index contributed by atoms with van der Waals surface area (Å²) in [4.78, 5) is 0. The molecule has 2 aromatic carbocycles. The maximum Gasteiger partial charge on any atom is 0.161 e. The number of methoxy groups -OCH3 is 2. The quantitative estimate of drug-likeness (QED) is 0.852. The molecular weight excluding hydrogens is 262 g/mol. The number of hydrogen-bond donors (Lipinski definition) is 0. The summed E-state index contributed by atoms with van der Waals surface area (Å²) >= 11 is 6.19. The van der Waals surface area contributed by atoms with Crippen molar-refractivity contribution in [1.29, 1.82) is 5.26 Å². The van der Waals surface area contributed by atoms with Crippen LogP contribution in [0.1, 0.15) is 5.56 Å². The number of nitrogens with zero attached hydrogens (tertiary/aromatic N) is 1. The van der Waals surface area contributed by atoms with Gasteiger partial charge in [0.25, 0.3) is 0 Å². The van der Waals surface area contributed by atoms with Crippen molar-refractivity contribution >= 4 is 11.6 Å². The van der Waals surface area contributed by atoms with Crippen molar-refractivity contribution in [1.82, 2.24) is 0 Å². The predicted octanol–water partition coefficient (Wildman–Crippen LogP) is 3.90. The Labute approximate surface area is 117 Å². The van der Waals surface area contributed by atoms with Gasteiger partial charge in [0.05, 0.1) is 25.9 Å². The Morgan fingerprint density at radius 3 is 2.32 bits per heavy atom. The molecular formula is C15H12ClNO2. The molecule has 0 saturated heterocycles. The van der Waals surface area contributed by atoms with Gasteiger partial charge in [-0.3, -0.25) is 0 Å². The topological polar surface area (TPSA) is 42.2 Å². The van der Waals surface area contributed by atoms with E-state index in [1.54, 1.807) is 26.4 Å². The first-order valence-corrected chi connectivity index (χ1v) is 5.99. The first-order chi connectivity index (χ1) is 9.19. The van der Waals surface area contributed by atoms with Crippen LogP contribution in [0.3, 0.4) is 0 Å². The van der Waals surface area contributed by atoms with Crippen LogP contribution >= 0.6 is 11.6 Å². The van der Waals surface area contributed by atoms with Crippen LogP contribution in [0.4, 0.5) is 0 Å². The van der Waals surface area contributed by atoms with Gasteiger partial charge in [-0.15, -0.1) is 0 Å². The molecule has 0 aromatic heterocycles. The second-order valence-corrected chi connectivity index (χ2v) is 4.28. The van der Waals surface area contributed by atoms with Gasteiger partial charge in [-0.25, -0.2) is 0 Å². The fourth-order valence-electron chi connectivity index (χ4n) is 1.82. The van der Waals surface area contributed by atoms with Crippen LogP contribution in [0, 0.1) is 11.3 Å². The zero-order valence-corrected chi connectivity index (χ0v) is 11.4. The minimum atomic E-state index is 0.534. The fourth-order valence-corrected chi connectivity index (χ4v) is 2.11. The highest BCUT2D eigenvalue weighted by Gasteiger charge is 2.09. The van der Waals surface area contributed by atoms with Crippen LogP contribution in [0.2, 0.25) is 5.02 Å². The lowest BCUT2D eigenvalue weighted by Crippen LogP contribution is -1.91. The summed E-state index contributed by atoms with van der Waals surface area (Å²) in [5.74, 6) is 1.30. The highest BCUT2D eigenvalue weighted by molar-refractivity contribution is 6.33. The van der Waals surface area contributed by atoms with Crippen LogP contribution in [-0.4, -0.2) is 14.2 Å². The molecule has 4 heteroatoms. The first kappa shape index (κ1) is 13.3. The van der Waals surface area contributed by atoms with Gasteiger partial charge < -0.3 is 9.47 Å². The number of ether oxygens (including phenoxy) is 2. The number of nitriles is 1. The summed E-state index contributed by atoms with van der Waals surface area (Å²) in [6, 6.07) is 12.8. The van der Waals surface area contributed by atoms with Crippen LogP contribution in [-0.2, 0) is 0 Å². The van der Waals surface area contributed by atoms with E-state index in [0.717, 1.165) is 11.1 Å². The van der Waals surface area contributed by atoms with Crippen molar-refractivity contribution in [2.45, 2.75) is 0 Å². The molecule has 0 radical (unpaired) electrons. The molecule has 0 atom stereocenters.